The molecule has 0 bridgehead atoms. The Kier molecular flexibility index (Phi) is 5.63. The summed E-state index contributed by atoms with van der Waals surface area (Å²) in [6.07, 6.45) is 0. The Morgan fingerprint density at radius 3 is 2.24 bits per heavy atom. The molecule has 1 aromatic carbocycles. The predicted octanol–water partition coefficient (Wildman–Crippen LogP) is 3.14. The third-order valence-corrected chi connectivity index (χ3v) is 4.49. The second kappa shape index (κ2) is 8.14. The van der Waals surface area contributed by atoms with E-state index in [1.165, 1.54) is 39.5 Å². The fourth-order valence-electron chi connectivity index (χ4n) is 2.97. The van der Waals surface area contributed by atoms with Gasteiger partial charge in [0.1, 0.15) is 23.0 Å². The van der Waals surface area contributed by atoms with Crippen molar-refractivity contribution in [3.63, 3.8) is 0 Å². The maximum absolute atomic E-state index is 12.6. The summed E-state index contributed by atoms with van der Waals surface area (Å²) in [6, 6.07) is 8.94. The fourth-order valence-corrected chi connectivity index (χ4v) is 2.97. The second-order valence-electron chi connectivity index (χ2n) is 6.21. The SMILES string of the molecule is COc1cc(C(C)c2c(O)cc(-c3ccc(OC)c(OC)c3)oc2=O)oc(=O)c1. The third-order valence-electron chi connectivity index (χ3n) is 4.49. The molecule has 0 aliphatic carbocycles. The van der Waals surface area contributed by atoms with E-state index in [1.54, 1.807) is 25.1 Å². The van der Waals surface area contributed by atoms with Gasteiger partial charge in [-0.3, -0.25) is 0 Å². The van der Waals surface area contributed by atoms with E-state index in [0.29, 0.717) is 17.1 Å². The highest BCUT2D eigenvalue weighted by atomic mass is 16.5. The Hall–Kier alpha value is -3.68. The van der Waals surface area contributed by atoms with Crippen LogP contribution in [-0.2, 0) is 0 Å². The average molecular weight is 400 g/mol. The van der Waals surface area contributed by atoms with Crippen LogP contribution in [0.5, 0.6) is 23.0 Å². The molecule has 8 nitrogen and oxygen atoms in total. The maximum Gasteiger partial charge on any atom is 0.343 e. The van der Waals surface area contributed by atoms with Crippen molar-refractivity contribution in [3.05, 3.63) is 68.6 Å². The van der Waals surface area contributed by atoms with Crippen molar-refractivity contribution in [1.82, 2.24) is 0 Å². The van der Waals surface area contributed by atoms with Crippen LogP contribution in [0, 0.1) is 0 Å². The molecule has 3 aromatic rings. The Morgan fingerprint density at radius 2 is 1.62 bits per heavy atom. The molecule has 3 rings (SSSR count). The van der Waals surface area contributed by atoms with Crippen molar-refractivity contribution in [3.8, 4) is 34.3 Å². The minimum atomic E-state index is -0.757. The van der Waals surface area contributed by atoms with Crippen molar-refractivity contribution < 1.29 is 28.2 Å². The van der Waals surface area contributed by atoms with Crippen LogP contribution >= 0.6 is 0 Å². The molecule has 1 N–H and O–H groups in total. The molecule has 1 unspecified atom stereocenters. The minimum absolute atomic E-state index is 0.0365. The number of hydrogen-bond acceptors (Lipinski definition) is 8. The first kappa shape index (κ1) is 20.1. The highest BCUT2D eigenvalue weighted by molar-refractivity contribution is 5.64. The average Bonchev–Trinajstić information content (AvgIpc) is 2.71. The first-order valence-electron chi connectivity index (χ1n) is 8.66. The van der Waals surface area contributed by atoms with E-state index < -0.39 is 17.2 Å². The molecule has 1 atom stereocenters. The van der Waals surface area contributed by atoms with E-state index in [2.05, 4.69) is 0 Å². The van der Waals surface area contributed by atoms with Gasteiger partial charge in [-0.2, -0.15) is 0 Å². The van der Waals surface area contributed by atoms with Crippen LogP contribution in [0.3, 0.4) is 0 Å². The Labute approximate surface area is 165 Å². The number of rotatable bonds is 6. The Bertz CT molecular complexity index is 1140. The summed E-state index contributed by atoms with van der Waals surface area (Å²) in [7, 11) is 4.41. The van der Waals surface area contributed by atoms with E-state index in [-0.39, 0.29) is 28.6 Å². The van der Waals surface area contributed by atoms with Crippen LogP contribution in [-0.4, -0.2) is 26.4 Å². The van der Waals surface area contributed by atoms with E-state index in [9.17, 15) is 14.7 Å². The summed E-state index contributed by atoms with van der Waals surface area (Å²) in [5.41, 5.74) is -0.905. The Morgan fingerprint density at radius 1 is 0.897 bits per heavy atom. The van der Waals surface area contributed by atoms with Gasteiger partial charge in [0.05, 0.1) is 38.9 Å². The van der Waals surface area contributed by atoms with Crippen LogP contribution in [0.4, 0.5) is 0 Å². The van der Waals surface area contributed by atoms with Gasteiger partial charge in [0.15, 0.2) is 11.5 Å². The number of hydrogen-bond donors (Lipinski definition) is 1. The number of methoxy groups -OCH3 is 3. The monoisotopic (exact) mass is 400 g/mol. The van der Waals surface area contributed by atoms with Crippen molar-refractivity contribution in [2.75, 3.05) is 21.3 Å². The molecule has 2 aromatic heterocycles. The number of benzene rings is 1. The second-order valence-corrected chi connectivity index (χ2v) is 6.21. The van der Waals surface area contributed by atoms with Gasteiger partial charge in [-0.05, 0) is 18.2 Å². The van der Waals surface area contributed by atoms with Crippen LogP contribution in [0.15, 0.2) is 54.8 Å². The summed E-state index contributed by atoms with van der Waals surface area (Å²) in [6.45, 7) is 1.61. The Balaban J connectivity index is 2.06. The van der Waals surface area contributed by atoms with Gasteiger partial charge in [-0.25, -0.2) is 9.59 Å². The number of aromatic hydroxyl groups is 1. The van der Waals surface area contributed by atoms with Crippen molar-refractivity contribution in [1.29, 1.82) is 0 Å². The molecule has 8 heteroatoms. The van der Waals surface area contributed by atoms with Gasteiger partial charge in [-0.15, -0.1) is 0 Å². The van der Waals surface area contributed by atoms with Gasteiger partial charge in [0, 0.05) is 17.7 Å². The van der Waals surface area contributed by atoms with E-state index in [1.807, 2.05) is 0 Å². The van der Waals surface area contributed by atoms with Gasteiger partial charge < -0.3 is 28.2 Å². The molecule has 29 heavy (non-hydrogen) atoms. The van der Waals surface area contributed by atoms with Gasteiger partial charge in [0.25, 0.3) is 0 Å². The normalized spacial score (nSPS) is 11.7. The molecule has 2 heterocycles. The van der Waals surface area contributed by atoms with Gasteiger partial charge >= 0.3 is 11.3 Å². The molecule has 0 spiro atoms. The molecule has 152 valence electrons. The molecule has 0 fully saturated rings. The largest absolute Gasteiger partial charge is 0.507 e. The zero-order valence-electron chi connectivity index (χ0n) is 16.3. The van der Waals surface area contributed by atoms with Crippen LogP contribution in [0.25, 0.3) is 11.3 Å². The topological polar surface area (TPSA) is 108 Å². The lowest BCUT2D eigenvalue weighted by molar-refractivity contribution is 0.355. The van der Waals surface area contributed by atoms with Crippen LogP contribution < -0.4 is 25.5 Å². The van der Waals surface area contributed by atoms with E-state index in [0.717, 1.165) is 0 Å². The smallest absolute Gasteiger partial charge is 0.343 e. The predicted molar refractivity (Wildman–Crippen MR) is 104 cm³/mol. The first-order chi connectivity index (χ1) is 13.9. The van der Waals surface area contributed by atoms with Crippen molar-refractivity contribution in [2.24, 2.45) is 0 Å². The van der Waals surface area contributed by atoms with E-state index in [4.69, 9.17) is 23.0 Å². The van der Waals surface area contributed by atoms with E-state index >= 15 is 0 Å². The quantitative estimate of drug-likeness (QED) is 0.672. The van der Waals surface area contributed by atoms with Gasteiger partial charge in [-0.1, -0.05) is 6.92 Å². The van der Waals surface area contributed by atoms with Crippen molar-refractivity contribution in [2.45, 2.75) is 12.8 Å². The molecule has 0 amide bonds. The summed E-state index contributed by atoms with van der Waals surface area (Å²) < 4.78 is 26.1. The molecular weight excluding hydrogens is 380 g/mol. The summed E-state index contributed by atoms with van der Waals surface area (Å²) in [5, 5.41) is 10.5. The number of ether oxygens (including phenoxy) is 3. The molecule has 0 radical (unpaired) electrons. The first-order valence-corrected chi connectivity index (χ1v) is 8.66. The molecule has 0 aliphatic rings. The highest BCUT2D eigenvalue weighted by Gasteiger charge is 2.23. The molecule has 0 saturated heterocycles. The minimum Gasteiger partial charge on any atom is -0.507 e. The van der Waals surface area contributed by atoms with Crippen LogP contribution in [0.1, 0.15) is 24.2 Å². The molecule has 0 aliphatic heterocycles. The van der Waals surface area contributed by atoms with Crippen LogP contribution in [0.2, 0.25) is 0 Å². The zero-order valence-corrected chi connectivity index (χ0v) is 16.3. The van der Waals surface area contributed by atoms with Gasteiger partial charge in [0.2, 0.25) is 0 Å². The molecular formula is C21H20O8. The lowest BCUT2D eigenvalue weighted by Crippen LogP contribution is -2.14. The zero-order chi connectivity index (χ0) is 21.1. The standard InChI is InChI=1S/C21H20O8/c1-11(16-8-13(25-2)9-19(23)28-16)20-14(22)10-17(29-21(20)24)12-5-6-15(26-3)18(7-12)27-4/h5-11,22H,1-4H3. The fraction of sp³-hybridized carbons (Fsp3) is 0.238. The summed E-state index contributed by atoms with van der Waals surface area (Å²) >= 11 is 0. The highest BCUT2D eigenvalue weighted by Crippen LogP contribution is 2.35. The summed E-state index contributed by atoms with van der Waals surface area (Å²) in [4.78, 5) is 24.3. The van der Waals surface area contributed by atoms with Crippen molar-refractivity contribution >= 4 is 0 Å². The lowest BCUT2D eigenvalue weighted by atomic mass is 9.98. The maximum atomic E-state index is 12.6. The third kappa shape index (κ3) is 3.96. The summed E-state index contributed by atoms with van der Waals surface area (Å²) in [5.74, 6) is 0.530. The lowest BCUT2D eigenvalue weighted by Gasteiger charge is -2.13. The molecule has 0 saturated carbocycles.